The molecule has 5 heteroatoms. The Hall–Kier alpha value is -1.81. The van der Waals surface area contributed by atoms with Gasteiger partial charge in [0.15, 0.2) is 0 Å². The molecule has 0 radical (unpaired) electrons. The molecule has 0 unspecified atom stereocenters. The number of hydrogen-bond donors (Lipinski definition) is 2. The fraction of sp³-hybridized carbons (Fsp3) is 0.412. The van der Waals surface area contributed by atoms with Crippen molar-refractivity contribution in [3.63, 3.8) is 0 Å². The maximum Gasteiger partial charge on any atom is 0.225 e. The Kier molecular flexibility index (Phi) is 4.48. The summed E-state index contributed by atoms with van der Waals surface area (Å²) in [7, 11) is 0. The van der Waals surface area contributed by atoms with Gasteiger partial charge in [0, 0.05) is 18.0 Å². The van der Waals surface area contributed by atoms with E-state index < -0.39 is 0 Å². The van der Waals surface area contributed by atoms with E-state index in [9.17, 15) is 0 Å². The van der Waals surface area contributed by atoms with Gasteiger partial charge in [0.2, 0.25) is 5.95 Å². The highest BCUT2D eigenvalue weighted by Gasteiger charge is 2.26. The first kappa shape index (κ1) is 15.1. The fourth-order valence-corrected chi connectivity index (χ4v) is 2.39. The summed E-state index contributed by atoms with van der Waals surface area (Å²) < 4.78 is 0. The van der Waals surface area contributed by atoms with E-state index in [2.05, 4.69) is 34.4 Å². The van der Waals surface area contributed by atoms with Crippen LogP contribution in [0.4, 0.5) is 17.5 Å². The lowest BCUT2D eigenvalue weighted by Crippen LogP contribution is -2.16. The van der Waals surface area contributed by atoms with Crippen molar-refractivity contribution in [2.45, 2.75) is 45.1 Å². The van der Waals surface area contributed by atoms with E-state index in [0.29, 0.717) is 22.9 Å². The molecule has 1 aromatic carbocycles. The monoisotopic (exact) mass is 316 g/mol. The smallest absolute Gasteiger partial charge is 0.225 e. The average Bonchev–Trinajstić information content (AvgIpc) is 3.34. The molecule has 22 heavy (non-hydrogen) atoms. The Labute approximate surface area is 136 Å². The first-order chi connectivity index (χ1) is 10.7. The summed E-state index contributed by atoms with van der Waals surface area (Å²) in [4.78, 5) is 9.23. The number of anilines is 3. The van der Waals surface area contributed by atoms with Crippen LogP contribution in [0.2, 0.25) is 5.02 Å². The Morgan fingerprint density at radius 1 is 1.27 bits per heavy atom. The van der Waals surface area contributed by atoms with E-state index in [1.165, 1.54) is 12.8 Å². The third kappa shape index (κ3) is 3.69. The van der Waals surface area contributed by atoms with Gasteiger partial charge in [0.05, 0.1) is 16.4 Å². The number of nitrogens with zero attached hydrogens (tertiary/aromatic N) is 2. The quantitative estimate of drug-likeness (QED) is 0.790. The summed E-state index contributed by atoms with van der Waals surface area (Å²) in [5.74, 6) is 2.05. The number of hydrogen-bond acceptors (Lipinski definition) is 4. The molecule has 0 spiro atoms. The van der Waals surface area contributed by atoms with Gasteiger partial charge in [-0.15, -0.1) is 0 Å². The Balaban J connectivity index is 1.87. The molecular weight excluding hydrogens is 296 g/mol. The summed E-state index contributed by atoms with van der Waals surface area (Å²) in [6, 6.07) is 10.1. The van der Waals surface area contributed by atoms with Gasteiger partial charge in [-0.05, 0) is 38.3 Å². The van der Waals surface area contributed by atoms with Gasteiger partial charge in [-0.3, -0.25) is 0 Å². The Morgan fingerprint density at radius 2 is 2.05 bits per heavy atom. The summed E-state index contributed by atoms with van der Waals surface area (Å²) in [5.41, 5.74) is 1.97. The molecule has 2 aromatic rings. The van der Waals surface area contributed by atoms with E-state index in [4.69, 9.17) is 11.6 Å². The van der Waals surface area contributed by atoms with Gasteiger partial charge in [-0.25, -0.2) is 4.98 Å². The molecule has 116 valence electrons. The van der Waals surface area contributed by atoms with Gasteiger partial charge in [0.25, 0.3) is 0 Å². The predicted octanol–water partition coefficient (Wildman–Crippen LogP) is 4.96. The van der Waals surface area contributed by atoms with Gasteiger partial charge in [-0.2, -0.15) is 4.98 Å². The van der Waals surface area contributed by atoms with Gasteiger partial charge < -0.3 is 10.6 Å². The Bertz CT molecular complexity index is 655. The van der Waals surface area contributed by atoms with Crippen molar-refractivity contribution in [2.75, 3.05) is 10.6 Å². The zero-order valence-electron chi connectivity index (χ0n) is 12.9. The minimum Gasteiger partial charge on any atom is -0.352 e. The average molecular weight is 317 g/mol. The molecule has 0 bridgehead atoms. The van der Waals surface area contributed by atoms with Crippen molar-refractivity contribution in [1.82, 2.24) is 9.97 Å². The standard InChI is InChI=1S/C17H21ClN4/c1-3-11(2)19-17-21-15(12-8-9-12)10-16(22-17)20-14-7-5-4-6-13(14)18/h4-7,10-12H,3,8-9H2,1-2H3,(H2,19,20,21,22)/t11-/m1/s1. The molecule has 3 rings (SSSR count). The SMILES string of the molecule is CC[C@@H](C)Nc1nc(Nc2ccccc2Cl)cc(C2CC2)n1. The van der Waals surface area contributed by atoms with E-state index >= 15 is 0 Å². The highest BCUT2D eigenvalue weighted by atomic mass is 35.5. The molecule has 0 aliphatic heterocycles. The normalized spacial score (nSPS) is 15.4. The summed E-state index contributed by atoms with van der Waals surface area (Å²) in [5, 5.41) is 7.35. The van der Waals surface area contributed by atoms with Crippen LogP contribution in [0.1, 0.15) is 44.7 Å². The topological polar surface area (TPSA) is 49.8 Å². The van der Waals surface area contributed by atoms with Gasteiger partial charge in [0.1, 0.15) is 5.82 Å². The van der Waals surface area contributed by atoms with Crippen molar-refractivity contribution < 1.29 is 0 Å². The van der Waals surface area contributed by atoms with Crippen molar-refractivity contribution in [2.24, 2.45) is 0 Å². The molecule has 1 atom stereocenters. The lowest BCUT2D eigenvalue weighted by Gasteiger charge is -2.14. The molecule has 2 N–H and O–H groups in total. The molecule has 0 amide bonds. The van der Waals surface area contributed by atoms with Gasteiger partial charge in [-0.1, -0.05) is 30.7 Å². The fourth-order valence-electron chi connectivity index (χ4n) is 2.21. The predicted molar refractivity (Wildman–Crippen MR) is 92.1 cm³/mol. The van der Waals surface area contributed by atoms with Crippen LogP contribution in [0, 0.1) is 0 Å². The van der Waals surface area contributed by atoms with Crippen molar-refractivity contribution in [1.29, 1.82) is 0 Å². The Morgan fingerprint density at radius 3 is 2.73 bits per heavy atom. The third-order valence-electron chi connectivity index (χ3n) is 3.87. The summed E-state index contributed by atoms with van der Waals surface area (Å²) in [6.45, 7) is 4.28. The molecule has 0 saturated heterocycles. The van der Waals surface area contributed by atoms with Crippen LogP contribution in [-0.2, 0) is 0 Å². The summed E-state index contributed by atoms with van der Waals surface area (Å²) >= 11 is 6.21. The minimum atomic E-state index is 0.350. The molecule has 1 fully saturated rings. The molecule has 1 aliphatic rings. The number of aromatic nitrogens is 2. The van der Waals surface area contributed by atoms with Crippen LogP contribution in [0.5, 0.6) is 0 Å². The highest BCUT2D eigenvalue weighted by molar-refractivity contribution is 6.33. The van der Waals surface area contributed by atoms with Crippen LogP contribution in [0.15, 0.2) is 30.3 Å². The van der Waals surface area contributed by atoms with Gasteiger partial charge >= 0.3 is 0 Å². The molecule has 1 heterocycles. The second-order valence-corrected chi connectivity index (χ2v) is 6.24. The van der Waals surface area contributed by atoms with Crippen molar-refractivity contribution in [3.8, 4) is 0 Å². The van der Waals surface area contributed by atoms with Crippen molar-refractivity contribution in [3.05, 3.63) is 41.0 Å². The third-order valence-corrected chi connectivity index (χ3v) is 4.20. The van der Waals surface area contributed by atoms with E-state index in [0.717, 1.165) is 23.6 Å². The first-order valence-electron chi connectivity index (χ1n) is 7.82. The van der Waals surface area contributed by atoms with Crippen molar-refractivity contribution >= 4 is 29.1 Å². The highest BCUT2D eigenvalue weighted by Crippen LogP contribution is 2.40. The van der Waals surface area contributed by atoms with E-state index in [1.807, 2.05) is 30.3 Å². The largest absolute Gasteiger partial charge is 0.352 e. The number of para-hydroxylation sites is 1. The van der Waals surface area contributed by atoms with Crippen LogP contribution >= 0.6 is 11.6 Å². The molecule has 1 saturated carbocycles. The lowest BCUT2D eigenvalue weighted by atomic mass is 10.2. The number of rotatable bonds is 6. The van der Waals surface area contributed by atoms with Crippen LogP contribution in [0.25, 0.3) is 0 Å². The molecule has 1 aliphatic carbocycles. The number of halogens is 1. The first-order valence-corrected chi connectivity index (χ1v) is 8.20. The minimum absolute atomic E-state index is 0.350. The zero-order valence-corrected chi connectivity index (χ0v) is 13.7. The molecular formula is C17H21ClN4. The maximum absolute atomic E-state index is 6.21. The van der Waals surface area contributed by atoms with E-state index in [1.54, 1.807) is 0 Å². The summed E-state index contributed by atoms with van der Waals surface area (Å²) in [6.07, 6.45) is 3.46. The number of nitrogens with one attached hydrogen (secondary N) is 2. The molecule has 4 nitrogen and oxygen atoms in total. The van der Waals surface area contributed by atoms with E-state index in [-0.39, 0.29) is 0 Å². The lowest BCUT2D eigenvalue weighted by molar-refractivity contribution is 0.750. The van der Waals surface area contributed by atoms with Crippen LogP contribution < -0.4 is 10.6 Å². The zero-order chi connectivity index (χ0) is 15.5. The van der Waals surface area contributed by atoms with Crippen LogP contribution in [-0.4, -0.2) is 16.0 Å². The second kappa shape index (κ2) is 6.53. The second-order valence-electron chi connectivity index (χ2n) is 5.83. The number of benzene rings is 1. The molecule has 1 aromatic heterocycles. The maximum atomic E-state index is 6.21. The van der Waals surface area contributed by atoms with Crippen LogP contribution in [0.3, 0.4) is 0 Å².